The fourth-order valence-electron chi connectivity index (χ4n) is 3.05. The van der Waals surface area contributed by atoms with Crippen LogP contribution in [0.15, 0.2) is 48.7 Å². The van der Waals surface area contributed by atoms with Gasteiger partial charge in [0, 0.05) is 37.1 Å². The quantitative estimate of drug-likeness (QED) is 0.269. The van der Waals surface area contributed by atoms with Crippen LogP contribution in [0, 0.1) is 10.1 Å². The van der Waals surface area contributed by atoms with E-state index in [9.17, 15) is 23.3 Å². The summed E-state index contributed by atoms with van der Waals surface area (Å²) in [6.45, 7) is 2.16. The maximum atomic E-state index is 13.8. The fraction of sp³-hybridized carbons (Fsp3) is 0.238. The number of anilines is 3. The number of hydrogen-bond acceptors (Lipinski definition) is 6. The van der Waals surface area contributed by atoms with Gasteiger partial charge < -0.3 is 10.2 Å². The molecule has 0 saturated carbocycles. The van der Waals surface area contributed by atoms with Crippen LogP contribution in [-0.4, -0.2) is 21.4 Å². The summed E-state index contributed by atoms with van der Waals surface area (Å²) in [5, 5.41) is 14.3. The molecule has 0 fully saturated rings. The second-order valence-corrected chi connectivity index (χ2v) is 7.84. The lowest BCUT2D eigenvalue weighted by molar-refractivity contribution is -0.384. The molecule has 0 aliphatic heterocycles. The van der Waals surface area contributed by atoms with Crippen molar-refractivity contribution in [3.63, 3.8) is 0 Å². The summed E-state index contributed by atoms with van der Waals surface area (Å²) in [5.41, 5.74) is -0.0447. The summed E-state index contributed by atoms with van der Waals surface area (Å²) in [6.07, 6.45) is -3.41. The number of non-ortho nitro benzene ring substituents is 1. The van der Waals surface area contributed by atoms with E-state index in [4.69, 9.17) is 23.2 Å². The van der Waals surface area contributed by atoms with Crippen LogP contribution in [-0.2, 0) is 12.7 Å². The highest BCUT2D eigenvalue weighted by molar-refractivity contribution is 6.42. The van der Waals surface area contributed by atoms with Crippen molar-refractivity contribution in [2.45, 2.75) is 26.1 Å². The van der Waals surface area contributed by atoms with E-state index in [0.29, 0.717) is 22.7 Å². The van der Waals surface area contributed by atoms with Crippen molar-refractivity contribution in [1.82, 2.24) is 9.97 Å². The average Bonchev–Trinajstić information content (AvgIpc) is 2.75. The Morgan fingerprint density at radius 2 is 1.82 bits per heavy atom. The minimum atomic E-state index is -4.68. The van der Waals surface area contributed by atoms with Gasteiger partial charge in [-0.1, -0.05) is 42.3 Å². The van der Waals surface area contributed by atoms with Gasteiger partial charge in [0.15, 0.2) is 0 Å². The predicted molar refractivity (Wildman–Crippen MR) is 121 cm³/mol. The molecule has 3 rings (SSSR count). The molecule has 0 unspecified atom stereocenters. The number of benzene rings is 2. The molecule has 0 aliphatic rings. The van der Waals surface area contributed by atoms with E-state index in [2.05, 4.69) is 15.3 Å². The van der Waals surface area contributed by atoms with E-state index in [-0.39, 0.29) is 35.6 Å². The molecule has 0 bridgehead atoms. The first-order valence-electron chi connectivity index (χ1n) is 9.73. The predicted octanol–water partition coefficient (Wildman–Crippen LogP) is 6.87. The highest BCUT2D eigenvalue weighted by Gasteiger charge is 2.37. The lowest BCUT2D eigenvalue weighted by Gasteiger charge is -2.26. The molecule has 174 valence electrons. The SMILES string of the molecule is CCCN(Cc1ccc([N+](=O)[O-])cc1)c1nc(Nc2ccc(Cl)c(Cl)c2)ncc1C(F)(F)F. The first-order valence-corrected chi connectivity index (χ1v) is 10.5. The van der Waals surface area contributed by atoms with Crippen LogP contribution in [0.2, 0.25) is 10.0 Å². The van der Waals surface area contributed by atoms with Gasteiger partial charge in [-0.2, -0.15) is 18.2 Å². The Morgan fingerprint density at radius 1 is 1.12 bits per heavy atom. The minimum Gasteiger partial charge on any atom is -0.352 e. The van der Waals surface area contributed by atoms with Crippen molar-refractivity contribution < 1.29 is 18.1 Å². The Labute approximate surface area is 197 Å². The molecule has 1 heterocycles. The molecule has 7 nitrogen and oxygen atoms in total. The van der Waals surface area contributed by atoms with Crippen LogP contribution < -0.4 is 10.2 Å². The highest BCUT2D eigenvalue weighted by Crippen LogP contribution is 2.37. The third-order valence-corrected chi connectivity index (χ3v) is 5.30. The summed E-state index contributed by atoms with van der Waals surface area (Å²) in [7, 11) is 0. The Morgan fingerprint density at radius 3 is 2.39 bits per heavy atom. The Bertz CT molecular complexity index is 1140. The van der Waals surface area contributed by atoms with Crippen molar-refractivity contribution in [2.24, 2.45) is 0 Å². The summed E-state index contributed by atoms with van der Waals surface area (Å²) < 4.78 is 41.3. The zero-order valence-electron chi connectivity index (χ0n) is 17.2. The number of halogens is 5. The maximum Gasteiger partial charge on any atom is 0.421 e. The lowest BCUT2D eigenvalue weighted by Crippen LogP contribution is -2.28. The molecule has 0 atom stereocenters. The molecule has 0 aliphatic carbocycles. The summed E-state index contributed by atoms with van der Waals surface area (Å²) in [5.74, 6) is -0.360. The van der Waals surface area contributed by atoms with Gasteiger partial charge in [-0.3, -0.25) is 10.1 Å². The largest absolute Gasteiger partial charge is 0.421 e. The number of alkyl halides is 3. The second kappa shape index (κ2) is 10.2. The number of nitrogens with zero attached hydrogens (tertiary/aromatic N) is 4. The molecular formula is C21H18Cl2F3N5O2. The topological polar surface area (TPSA) is 84.2 Å². The van der Waals surface area contributed by atoms with Gasteiger partial charge in [0.05, 0.1) is 15.0 Å². The van der Waals surface area contributed by atoms with Crippen molar-refractivity contribution in [1.29, 1.82) is 0 Å². The van der Waals surface area contributed by atoms with Crippen molar-refractivity contribution in [3.05, 3.63) is 79.9 Å². The van der Waals surface area contributed by atoms with Crippen LogP contribution >= 0.6 is 23.2 Å². The van der Waals surface area contributed by atoms with Crippen molar-refractivity contribution >= 4 is 46.3 Å². The standard InChI is InChI=1S/C21H18Cl2F3N5O2/c1-2-9-30(12-13-3-6-15(7-4-13)31(32)33)19-16(21(24,25)26)11-27-20(29-19)28-14-5-8-17(22)18(23)10-14/h3-8,10-11H,2,9,12H2,1H3,(H,27,28,29). The van der Waals surface area contributed by atoms with Crippen LogP contribution in [0.25, 0.3) is 0 Å². The zero-order chi connectivity index (χ0) is 24.2. The molecule has 1 aromatic heterocycles. The third-order valence-electron chi connectivity index (χ3n) is 4.56. The summed E-state index contributed by atoms with van der Waals surface area (Å²) in [6, 6.07) is 10.3. The Kier molecular flexibility index (Phi) is 7.60. The molecule has 0 saturated heterocycles. The molecule has 0 radical (unpaired) electrons. The van der Waals surface area contributed by atoms with Gasteiger partial charge in [0.25, 0.3) is 5.69 Å². The Balaban J connectivity index is 1.98. The second-order valence-electron chi connectivity index (χ2n) is 7.03. The molecule has 0 amide bonds. The molecule has 2 aromatic carbocycles. The molecule has 3 aromatic rings. The van der Waals surface area contributed by atoms with E-state index in [1.165, 1.54) is 41.3 Å². The van der Waals surface area contributed by atoms with Crippen LogP contribution in [0.4, 0.5) is 36.3 Å². The van der Waals surface area contributed by atoms with Crippen molar-refractivity contribution in [2.75, 3.05) is 16.8 Å². The molecule has 33 heavy (non-hydrogen) atoms. The molecule has 1 N–H and O–H groups in total. The van der Waals surface area contributed by atoms with E-state index < -0.39 is 16.7 Å². The monoisotopic (exact) mass is 499 g/mol. The average molecular weight is 500 g/mol. The first kappa shape index (κ1) is 24.5. The van der Waals surface area contributed by atoms with Crippen LogP contribution in [0.3, 0.4) is 0 Å². The highest BCUT2D eigenvalue weighted by atomic mass is 35.5. The lowest BCUT2D eigenvalue weighted by atomic mass is 10.1. The molecule has 12 heteroatoms. The normalized spacial score (nSPS) is 11.3. The van der Waals surface area contributed by atoms with E-state index in [1.54, 1.807) is 6.07 Å². The number of nitrogens with one attached hydrogen (secondary N) is 1. The molecular weight excluding hydrogens is 482 g/mol. The summed E-state index contributed by atoms with van der Waals surface area (Å²) >= 11 is 11.9. The van der Waals surface area contributed by atoms with Gasteiger partial charge in [0.2, 0.25) is 5.95 Å². The van der Waals surface area contributed by atoms with Gasteiger partial charge in [0.1, 0.15) is 11.4 Å². The fourth-order valence-corrected chi connectivity index (χ4v) is 3.35. The zero-order valence-corrected chi connectivity index (χ0v) is 18.7. The number of nitro benzene ring substituents is 1. The summed E-state index contributed by atoms with van der Waals surface area (Å²) in [4.78, 5) is 19.8. The molecule has 0 spiro atoms. The van der Waals surface area contributed by atoms with Gasteiger partial charge in [-0.25, -0.2) is 4.98 Å². The minimum absolute atomic E-state index is 0.0545. The van der Waals surface area contributed by atoms with E-state index in [0.717, 1.165) is 6.20 Å². The number of hydrogen-bond donors (Lipinski definition) is 1. The van der Waals surface area contributed by atoms with Gasteiger partial charge in [-0.05, 0) is 30.2 Å². The third kappa shape index (κ3) is 6.23. The number of aromatic nitrogens is 2. The smallest absolute Gasteiger partial charge is 0.352 e. The number of rotatable bonds is 8. The van der Waals surface area contributed by atoms with E-state index in [1.807, 2.05) is 6.92 Å². The van der Waals surface area contributed by atoms with Gasteiger partial charge in [-0.15, -0.1) is 0 Å². The maximum absolute atomic E-state index is 13.8. The van der Waals surface area contributed by atoms with Gasteiger partial charge >= 0.3 is 6.18 Å². The van der Waals surface area contributed by atoms with Crippen molar-refractivity contribution in [3.8, 4) is 0 Å². The number of nitro groups is 1. The van der Waals surface area contributed by atoms with Crippen LogP contribution in [0.1, 0.15) is 24.5 Å². The first-order chi connectivity index (χ1) is 15.6. The van der Waals surface area contributed by atoms with E-state index >= 15 is 0 Å². The Hall–Kier alpha value is -3.11. The van der Waals surface area contributed by atoms with Crippen LogP contribution in [0.5, 0.6) is 0 Å².